The van der Waals surface area contributed by atoms with Crippen LogP contribution < -0.4 is 15.9 Å². The van der Waals surface area contributed by atoms with E-state index in [2.05, 4.69) is 89.9 Å². The van der Waals surface area contributed by atoms with Gasteiger partial charge in [-0.3, -0.25) is 4.99 Å². The molecule has 0 unspecified atom stereocenters. The van der Waals surface area contributed by atoms with E-state index in [0.29, 0.717) is 0 Å². The highest BCUT2D eigenvalue weighted by Gasteiger charge is 2.18. The fraction of sp³-hybridized carbons (Fsp3) is 0.208. The van der Waals surface area contributed by atoms with Crippen molar-refractivity contribution in [3.8, 4) is 0 Å². The molecule has 3 aromatic carbocycles. The molecule has 2 nitrogen and oxygen atoms in total. The Morgan fingerprint density at radius 2 is 1.36 bits per heavy atom. The Morgan fingerprint density at radius 1 is 0.821 bits per heavy atom. The number of rotatable bonds is 8. The summed E-state index contributed by atoms with van der Waals surface area (Å²) < 4.78 is 0. The minimum Gasteiger partial charge on any atom is -0.432 e. The van der Waals surface area contributed by atoms with E-state index in [1.54, 1.807) is 0 Å². The molecule has 0 spiro atoms. The molecule has 4 heteroatoms. The van der Waals surface area contributed by atoms with Crippen molar-refractivity contribution < 1.29 is 4.80 Å². The lowest BCUT2D eigenvalue weighted by molar-refractivity contribution is 0.544. The predicted molar refractivity (Wildman–Crippen MR) is 127 cm³/mol. The third-order valence-corrected chi connectivity index (χ3v) is 8.61. The molecule has 144 valence electrons. The maximum absolute atomic E-state index is 9.99. The molecule has 3 aromatic rings. The topological polar surface area (TPSA) is 32.6 Å². The van der Waals surface area contributed by atoms with Gasteiger partial charge >= 0.3 is 0 Å². The molecule has 0 radical (unpaired) electrons. The largest absolute Gasteiger partial charge is 0.432 e. The molecular weight excluding hydrogens is 377 g/mol. The van der Waals surface area contributed by atoms with Crippen molar-refractivity contribution in [2.45, 2.75) is 25.6 Å². The number of nitrogens with zero attached hydrogens (tertiary/aromatic N) is 1. The normalized spacial score (nSPS) is 12.0. The van der Waals surface area contributed by atoms with Crippen LogP contribution in [0.15, 0.2) is 89.9 Å². The van der Waals surface area contributed by atoms with Crippen LogP contribution in [-0.2, 0) is 0 Å². The van der Waals surface area contributed by atoms with E-state index < -0.39 is 16.2 Å². The standard InChI is InChI=1S/C24H28NOPSi/c1-28(2,26)19-11-18-25-20-21-12-9-10-17-24(21)27(22-13-5-3-6-14-22)23-15-7-4-8-16-23/h3-10,12-17,20,26H,11,18-19H2,1-2H3. The molecule has 1 N–H and O–H groups in total. The first-order chi connectivity index (χ1) is 13.5. The third kappa shape index (κ3) is 5.97. The smallest absolute Gasteiger partial charge is 0.182 e. The van der Waals surface area contributed by atoms with Crippen LogP contribution in [0, 0.1) is 0 Å². The first-order valence-corrected chi connectivity index (χ1v) is 14.3. The van der Waals surface area contributed by atoms with Crippen molar-refractivity contribution in [3.63, 3.8) is 0 Å². The average Bonchev–Trinajstić information content (AvgIpc) is 2.70. The Morgan fingerprint density at radius 3 is 1.93 bits per heavy atom. The minimum atomic E-state index is -1.97. The maximum Gasteiger partial charge on any atom is 0.182 e. The summed E-state index contributed by atoms with van der Waals surface area (Å²) in [5, 5.41) is 4.02. The van der Waals surface area contributed by atoms with E-state index in [4.69, 9.17) is 0 Å². The van der Waals surface area contributed by atoms with Crippen LogP contribution in [0.4, 0.5) is 0 Å². The lowest BCUT2D eigenvalue weighted by Crippen LogP contribution is -2.24. The summed E-state index contributed by atoms with van der Waals surface area (Å²) in [7, 11) is -2.61. The first kappa shape index (κ1) is 20.7. The van der Waals surface area contributed by atoms with Gasteiger partial charge in [0.2, 0.25) is 0 Å². The quantitative estimate of drug-likeness (QED) is 0.255. The third-order valence-electron chi connectivity index (χ3n) is 4.51. The van der Waals surface area contributed by atoms with Crippen molar-refractivity contribution in [2.24, 2.45) is 4.99 Å². The van der Waals surface area contributed by atoms with Crippen molar-refractivity contribution in [2.75, 3.05) is 6.54 Å². The molecule has 28 heavy (non-hydrogen) atoms. The van der Waals surface area contributed by atoms with Gasteiger partial charge in [0, 0.05) is 18.3 Å². The van der Waals surface area contributed by atoms with E-state index in [1.165, 1.54) is 21.5 Å². The van der Waals surface area contributed by atoms with Gasteiger partial charge in [0.25, 0.3) is 0 Å². The van der Waals surface area contributed by atoms with Crippen LogP contribution in [0.2, 0.25) is 19.1 Å². The second kappa shape index (κ2) is 9.93. The van der Waals surface area contributed by atoms with Gasteiger partial charge in [-0.25, -0.2) is 0 Å². The SMILES string of the molecule is C[Si](C)(O)CCCN=Cc1ccccc1P(c1ccccc1)c1ccccc1. The van der Waals surface area contributed by atoms with E-state index in [-0.39, 0.29) is 0 Å². The van der Waals surface area contributed by atoms with Gasteiger partial charge < -0.3 is 4.80 Å². The second-order valence-electron chi connectivity index (χ2n) is 7.52. The highest BCUT2D eigenvalue weighted by molar-refractivity contribution is 7.80. The monoisotopic (exact) mass is 405 g/mol. The van der Waals surface area contributed by atoms with Crippen LogP contribution in [0.5, 0.6) is 0 Å². The summed E-state index contributed by atoms with van der Waals surface area (Å²) in [5.41, 5.74) is 1.18. The maximum atomic E-state index is 9.99. The lowest BCUT2D eigenvalue weighted by Gasteiger charge is -2.21. The fourth-order valence-electron chi connectivity index (χ4n) is 3.15. The zero-order chi connectivity index (χ0) is 19.8. The van der Waals surface area contributed by atoms with Crippen LogP contribution in [0.1, 0.15) is 12.0 Å². The Hall–Kier alpha value is -2.06. The molecule has 0 aliphatic heterocycles. The Kier molecular flexibility index (Phi) is 7.33. The average molecular weight is 406 g/mol. The molecule has 3 rings (SSSR count). The highest BCUT2D eigenvalue weighted by Crippen LogP contribution is 2.33. The molecule has 0 aliphatic rings. The fourth-order valence-corrected chi connectivity index (χ4v) is 6.59. The van der Waals surface area contributed by atoms with Gasteiger partial charge in [0.05, 0.1) is 0 Å². The van der Waals surface area contributed by atoms with Gasteiger partial charge in [-0.1, -0.05) is 84.9 Å². The highest BCUT2D eigenvalue weighted by atomic mass is 31.1. The summed E-state index contributed by atoms with van der Waals surface area (Å²) in [4.78, 5) is 14.7. The minimum absolute atomic E-state index is 0.634. The van der Waals surface area contributed by atoms with Crippen LogP contribution in [0.3, 0.4) is 0 Å². The number of hydrogen-bond acceptors (Lipinski definition) is 2. The Bertz CT molecular complexity index is 852. The molecule has 0 aliphatic carbocycles. The molecule has 0 heterocycles. The van der Waals surface area contributed by atoms with E-state index >= 15 is 0 Å². The molecule has 0 saturated heterocycles. The van der Waals surface area contributed by atoms with Crippen molar-refractivity contribution in [3.05, 3.63) is 90.5 Å². The van der Waals surface area contributed by atoms with Crippen molar-refractivity contribution >= 4 is 38.4 Å². The molecule has 0 saturated carbocycles. The van der Waals surface area contributed by atoms with Crippen molar-refractivity contribution in [1.29, 1.82) is 0 Å². The van der Waals surface area contributed by atoms with Gasteiger partial charge in [0.15, 0.2) is 8.32 Å². The molecule has 0 fully saturated rings. The van der Waals surface area contributed by atoms with E-state index in [1.807, 2.05) is 19.3 Å². The van der Waals surface area contributed by atoms with Gasteiger partial charge in [-0.05, 0) is 49.4 Å². The van der Waals surface area contributed by atoms with Crippen LogP contribution >= 0.6 is 7.92 Å². The van der Waals surface area contributed by atoms with E-state index in [9.17, 15) is 4.80 Å². The molecular formula is C24H28NOPSi. The lowest BCUT2D eigenvalue weighted by atomic mass is 10.2. The second-order valence-corrected chi connectivity index (χ2v) is 13.8. The summed E-state index contributed by atoms with van der Waals surface area (Å²) in [6.45, 7) is 4.73. The predicted octanol–water partition coefficient (Wildman–Crippen LogP) is 4.45. The summed E-state index contributed by atoms with van der Waals surface area (Å²) >= 11 is 0. The summed E-state index contributed by atoms with van der Waals surface area (Å²) in [5.74, 6) is 0. The van der Waals surface area contributed by atoms with Crippen LogP contribution in [0.25, 0.3) is 0 Å². The summed E-state index contributed by atoms with van der Waals surface area (Å²) in [6.07, 6.45) is 2.96. The van der Waals surface area contributed by atoms with Gasteiger partial charge in [-0.15, -0.1) is 0 Å². The molecule has 0 amide bonds. The number of benzene rings is 3. The summed E-state index contributed by atoms with van der Waals surface area (Å²) in [6, 6.07) is 31.0. The number of aliphatic imine (C=N–C) groups is 1. The van der Waals surface area contributed by atoms with Crippen LogP contribution in [-0.4, -0.2) is 25.9 Å². The molecule has 0 atom stereocenters. The van der Waals surface area contributed by atoms with Crippen molar-refractivity contribution in [1.82, 2.24) is 0 Å². The molecule has 0 aromatic heterocycles. The molecule has 0 bridgehead atoms. The Labute approximate surface area is 170 Å². The van der Waals surface area contributed by atoms with Gasteiger partial charge in [0.1, 0.15) is 0 Å². The first-order valence-electron chi connectivity index (χ1n) is 9.76. The Balaban J connectivity index is 1.90. The zero-order valence-electron chi connectivity index (χ0n) is 16.6. The van der Waals surface area contributed by atoms with E-state index in [0.717, 1.165) is 19.0 Å². The zero-order valence-corrected chi connectivity index (χ0v) is 18.5. The number of hydrogen-bond donors (Lipinski definition) is 1. The van der Waals surface area contributed by atoms with Gasteiger partial charge in [-0.2, -0.15) is 0 Å².